The Balaban J connectivity index is 1.61. The van der Waals surface area contributed by atoms with Crippen molar-refractivity contribution in [3.05, 3.63) is 71.2 Å². The lowest BCUT2D eigenvalue weighted by Gasteiger charge is -2.30. The fourth-order valence-corrected chi connectivity index (χ4v) is 5.17. The van der Waals surface area contributed by atoms with Gasteiger partial charge >= 0.3 is 5.97 Å². The number of esters is 1. The third kappa shape index (κ3) is 6.17. The summed E-state index contributed by atoms with van der Waals surface area (Å²) in [5, 5.41) is 0. The molecule has 1 fully saturated rings. The molecule has 6 nitrogen and oxygen atoms in total. The molecule has 182 valence electrons. The third-order valence-electron chi connectivity index (χ3n) is 6.30. The molecule has 1 amide bonds. The molecule has 0 atom stereocenters. The number of carbonyl (C=O) groups excluding carboxylic acids is 2. The first-order valence-electron chi connectivity index (χ1n) is 11.8. The molecular weight excluding hydrogens is 460 g/mol. The number of ether oxygens (including phenoxy) is 2. The van der Waals surface area contributed by atoms with E-state index in [2.05, 4.69) is 17.1 Å². The van der Waals surface area contributed by atoms with Crippen LogP contribution in [0.5, 0.6) is 5.88 Å². The van der Waals surface area contributed by atoms with Crippen LogP contribution in [0.15, 0.2) is 60.1 Å². The Labute approximate surface area is 210 Å². The van der Waals surface area contributed by atoms with Gasteiger partial charge in [0.05, 0.1) is 31.2 Å². The largest absolute Gasteiger partial charge is 0.480 e. The Morgan fingerprint density at radius 3 is 2.57 bits per heavy atom. The van der Waals surface area contributed by atoms with E-state index in [0.29, 0.717) is 12.4 Å². The zero-order valence-corrected chi connectivity index (χ0v) is 20.9. The van der Waals surface area contributed by atoms with E-state index in [0.717, 1.165) is 52.9 Å². The molecule has 0 radical (unpaired) electrons. The number of hydrogen-bond donors (Lipinski definition) is 0. The predicted octanol–water partition coefficient (Wildman–Crippen LogP) is 6.12. The summed E-state index contributed by atoms with van der Waals surface area (Å²) >= 11 is 1.54. The molecule has 0 unspecified atom stereocenters. The minimum absolute atomic E-state index is 0.0405. The second-order valence-corrected chi connectivity index (χ2v) is 9.45. The van der Waals surface area contributed by atoms with E-state index >= 15 is 0 Å². The topological polar surface area (TPSA) is 68.7 Å². The second-order valence-electron chi connectivity index (χ2n) is 8.60. The highest BCUT2D eigenvalue weighted by atomic mass is 32.1. The van der Waals surface area contributed by atoms with Gasteiger partial charge in [-0.15, -0.1) is 11.3 Å². The quantitative estimate of drug-likeness (QED) is 0.281. The molecule has 2 aromatic carbocycles. The number of amides is 1. The zero-order chi connectivity index (χ0) is 24.6. The van der Waals surface area contributed by atoms with Crippen LogP contribution in [0.3, 0.4) is 0 Å². The van der Waals surface area contributed by atoms with Crippen LogP contribution in [0, 0.1) is 5.92 Å². The first-order valence-corrected chi connectivity index (χ1v) is 12.7. The number of aromatic nitrogens is 1. The van der Waals surface area contributed by atoms with Crippen LogP contribution in [0.1, 0.15) is 43.2 Å². The van der Waals surface area contributed by atoms with Gasteiger partial charge in [-0.1, -0.05) is 55.7 Å². The van der Waals surface area contributed by atoms with Crippen molar-refractivity contribution in [2.45, 2.75) is 38.6 Å². The first-order chi connectivity index (χ1) is 17.1. The summed E-state index contributed by atoms with van der Waals surface area (Å²) in [6, 6.07) is 15.9. The van der Waals surface area contributed by atoms with Gasteiger partial charge in [-0.25, -0.2) is 9.78 Å². The van der Waals surface area contributed by atoms with Crippen LogP contribution in [0.2, 0.25) is 0 Å². The van der Waals surface area contributed by atoms with Crippen LogP contribution in [0.4, 0.5) is 5.69 Å². The van der Waals surface area contributed by atoms with Crippen LogP contribution in [-0.2, 0) is 20.9 Å². The number of methoxy groups -OCH3 is 2. The standard InChI is InChI=1S/C28H30N2O4S/c1-33-25(31)16-13-20-7-6-10-24(17-20)30(28(32)23-8-4-3-5-9-23)18-21-11-14-22(15-12-21)26-27(34-2)29-19-35-26/h6-7,10-17,19,23H,3-5,8-9,18H2,1-2H3/b16-13+. The number of benzene rings is 2. The van der Waals surface area contributed by atoms with Gasteiger partial charge < -0.3 is 14.4 Å². The van der Waals surface area contributed by atoms with Crippen molar-refractivity contribution < 1.29 is 19.1 Å². The Morgan fingerprint density at radius 2 is 1.86 bits per heavy atom. The summed E-state index contributed by atoms with van der Waals surface area (Å²) in [5.74, 6) is 0.405. The minimum Gasteiger partial charge on any atom is -0.480 e. The van der Waals surface area contributed by atoms with Gasteiger partial charge in [-0.05, 0) is 47.7 Å². The highest BCUT2D eigenvalue weighted by Gasteiger charge is 2.27. The smallest absolute Gasteiger partial charge is 0.330 e. The summed E-state index contributed by atoms with van der Waals surface area (Å²) in [5.41, 5.74) is 5.50. The number of nitrogens with zero attached hydrogens (tertiary/aromatic N) is 2. The lowest BCUT2D eigenvalue weighted by molar-refractivity contribution is -0.134. The van der Waals surface area contributed by atoms with Gasteiger partial charge in [0.25, 0.3) is 0 Å². The second kappa shape index (κ2) is 11.8. The molecule has 0 saturated heterocycles. The van der Waals surface area contributed by atoms with E-state index in [1.807, 2.05) is 41.3 Å². The Hall–Kier alpha value is -3.45. The molecular formula is C28H30N2O4S. The molecule has 0 spiro atoms. The summed E-state index contributed by atoms with van der Waals surface area (Å²) in [6.45, 7) is 0.472. The van der Waals surface area contributed by atoms with Crippen LogP contribution in [-0.4, -0.2) is 31.1 Å². The molecule has 1 aliphatic carbocycles. The van der Waals surface area contributed by atoms with Crippen molar-refractivity contribution in [2.24, 2.45) is 5.92 Å². The molecule has 1 saturated carbocycles. The number of hydrogen-bond acceptors (Lipinski definition) is 6. The van der Waals surface area contributed by atoms with Gasteiger partial charge in [0.1, 0.15) is 0 Å². The monoisotopic (exact) mass is 490 g/mol. The number of thiazole rings is 1. The average Bonchev–Trinajstić information content (AvgIpc) is 3.40. The summed E-state index contributed by atoms with van der Waals surface area (Å²) in [7, 11) is 2.97. The van der Waals surface area contributed by atoms with Crippen LogP contribution in [0.25, 0.3) is 16.5 Å². The zero-order valence-electron chi connectivity index (χ0n) is 20.1. The lowest BCUT2D eigenvalue weighted by Crippen LogP contribution is -2.36. The molecule has 7 heteroatoms. The first kappa shape index (κ1) is 24.7. The van der Waals surface area contributed by atoms with E-state index in [-0.39, 0.29) is 11.8 Å². The van der Waals surface area contributed by atoms with Gasteiger partial charge in [-0.2, -0.15) is 0 Å². The van der Waals surface area contributed by atoms with Gasteiger partial charge in [0, 0.05) is 17.7 Å². The Kier molecular flexibility index (Phi) is 8.32. The van der Waals surface area contributed by atoms with Gasteiger partial charge in [0.15, 0.2) is 0 Å². The average molecular weight is 491 g/mol. The van der Waals surface area contributed by atoms with E-state index in [9.17, 15) is 9.59 Å². The minimum atomic E-state index is -0.414. The number of rotatable bonds is 8. The molecule has 35 heavy (non-hydrogen) atoms. The SMILES string of the molecule is COC(=O)/C=C/c1cccc(N(Cc2ccc(-c3scnc3OC)cc2)C(=O)C2CCCCC2)c1. The van der Waals surface area contributed by atoms with Gasteiger partial charge in [-0.3, -0.25) is 4.79 Å². The van der Waals surface area contributed by atoms with Crippen molar-refractivity contribution in [1.82, 2.24) is 4.98 Å². The van der Waals surface area contributed by atoms with Crippen molar-refractivity contribution in [2.75, 3.05) is 19.1 Å². The maximum atomic E-state index is 13.7. The lowest BCUT2D eigenvalue weighted by atomic mass is 9.88. The maximum Gasteiger partial charge on any atom is 0.330 e. The van der Waals surface area contributed by atoms with Crippen LogP contribution < -0.4 is 9.64 Å². The van der Waals surface area contributed by atoms with E-state index in [1.165, 1.54) is 30.9 Å². The fraction of sp³-hybridized carbons (Fsp3) is 0.321. The molecule has 0 N–H and O–H groups in total. The normalized spacial score (nSPS) is 14.1. The molecule has 4 rings (SSSR count). The summed E-state index contributed by atoms with van der Waals surface area (Å²) in [4.78, 5) is 32.3. The highest BCUT2D eigenvalue weighted by molar-refractivity contribution is 7.13. The molecule has 0 bridgehead atoms. The van der Waals surface area contributed by atoms with E-state index in [4.69, 9.17) is 9.47 Å². The molecule has 1 aromatic heterocycles. The van der Waals surface area contributed by atoms with Crippen molar-refractivity contribution in [3.63, 3.8) is 0 Å². The van der Waals surface area contributed by atoms with Gasteiger partial charge in [0.2, 0.25) is 11.8 Å². The van der Waals surface area contributed by atoms with E-state index in [1.54, 1.807) is 18.7 Å². The highest BCUT2D eigenvalue weighted by Crippen LogP contribution is 2.34. The van der Waals surface area contributed by atoms with Crippen molar-refractivity contribution in [3.8, 4) is 16.3 Å². The fourth-order valence-electron chi connectivity index (χ4n) is 4.41. The maximum absolute atomic E-state index is 13.7. The predicted molar refractivity (Wildman–Crippen MR) is 139 cm³/mol. The molecule has 1 heterocycles. The van der Waals surface area contributed by atoms with E-state index < -0.39 is 5.97 Å². The van der Waals surface area contributed by atoms with Crippen LogP contribution >= 0.6 is 11.3 Å². The molecule has 1 aliphatic rings. The Bertz CT molecular complexity index is 1180. The summed E-state index contributed by atoms with van der Waals surface area (Å²) in [6.07, 6.45) is 8.34. The summed E-state index contributed by atoms with van der Waals surface area (Å²) < 4.78 is 10.1. The van der Waals surface area contributed by atoms with Crippen molar-refractivity contribution >= 4 is 35.0 Å². The Morgan fingerprint density at radius 1 is 1.09 bits per heavy atom. The molecule has 3 aromatic rings. The number of carbonyl (C=O) groups is 2. The molecule has 0 aliphatic heterocycles. The third-order valence-corrected chi connectivity index (χ3v) is 7.16. The number of anilines is 1. The van der Waals surface area contributed by atoms with Crippen molar-refractivity contribution in [1.29, 1.82) is 0 Å².